The fourth-order valence-corrected chi connectivity index (χ4v) is 2.23. The van der Waals surface area contributed by atoms with Gasteiger partial charge in [-0.1, -0.05) is 30.3 Å². The van der Waals surface area contributed by atoms with Crippen LogP contribution < -0.4 is 5.73 Å². The van der Waals surface area contributed by atoms with E-state index in [0.29, 0.717) is 13.2 Å². The Morgan fingerprint density at radius 2 is 2.11 bits per heavy atom. The van der Waals surface area contributed by atoms with Gasteiger partial charge in [-0.2, -0.15) is 0 Å². The zero-order valence-corrected chi connectivity index (χ0v) is 12.0. The lowest BCUT2D eigenvalue weighted by Gasteiger charge is -2.37. The predicted molar refractivity (Wildman–Crippen MR) is 77.3 cm³/mol. The van der Waals surface area contributed by atoms with Crippen molar-refractivity contribution in [3.8, 4) is 0 Å². The highest BCUT2D eigenvalue weighted by Crippen LogP contribution is 2.18. The standard InChI is InChI=1S/C14H20N2O2.ClH/c1-14(15)8-5-9-16(11-14)13(17)18-10-12-6-3-2-4-7-12;/h2-4,6-7H,5,8-11,15H2,1H3;1H/t14-;/m1./s1. The average Bonchev–Trinajstić information content (AvgIpc) is 2.36. The minimum Gasteiger partial charge on any atom is -0.445 e. The zero-order chi connectivity index (χ0) is 13.0. The van der Waals surface area contributed by atoms with Crippen molar-refractivity contribution in [3.05, 3.63) is 35.9 Å². The molecule has 1 heterocycles. The van der Waals surface area contributed by atoms with Gasteiger partial charge in [0.2, 0.25) is 0 Å². The van der Waals surface area contributed by atoms with Crippen LogP contribution in [0.1, 0.15) is 25.3 Å². The van der Waals surface area contributed by atoms with Gasteiger partial charge < -0.3 is 15.4 Å². The number of halogens is 1. The molecular formula is C14H21ClN2O2. The van der Waals surface area contributed by atoms with Crippen LogP contribution in [0.25, 0.3) is 0 Å². The Balaban J connectivity index is 0.00000180. The Labute approximate surface area is 120 Å². The maximum Gasteiger partial charge on any atom is 0.410 e. The molecule has 0 radical (unpaired) electrons. The number of piperidine rings is 1. The summed E-state index contributed by atoms with van der Waals surface area (Å²) < 4.78 is 5.29. The van der Waals surface area contributed by atoms with Gasteiger partial charge in [0.25, 0.3) is 0 Å². The number of rotatable bonds is 2. The van der Waals surface area contributed by atoms with Crippen LogP contribution in [-0.2, 0) is 11.3 Å². The molecule has 1 saturated heterocycles. The van der Waals surface area contributed by atoms with Crippen molar-refractivity contribution in [3.63, 3.8) is 0 Å². The summed E-state index contributed by atoms with van der Waals surface area (Å²) in [5.41, 5.74) is 6.77. The van der Waals surface area contributed by atoms with E-state index in [9.17, 15) is 4.79 Å². The van der Waals surface area contributed by atoms with Crippen LogP contribution in [0.4, 0.5) is 4.79 Å². The number of ether oxygens (including phenoxy) is 1. The van der Waals surface area contributed by atoms with Crippen LogP contribution in [0.15, 0.2) is 30.3 Å². The Hall–Kier alpha value is -1.26. The van der Waals surface area contributed by atoms with E-state index in [0.717, 1.165) is 24.9 Å². The predicted octanol–water partition coefficient (Wildman–Crippen LogP) is 2.56. The molecule has 1 amide bonds. The smallest absolute Gasteiger partial charge is 0.410 e. The third-order valence-corrected chi connectivity index (χ3v) is 3.19. The second kappa shape index (κ2) is 6.78. The van der Waals surface area contributed by atoms with Crippen molar-refractivity contribution in [1.29, 1.82) is 0 Å². The number of likely N-dealkylation sites (tertiary alicyclic amines) is 1. The molecule has 1 atom stereocenters. The van der Waals surface area contributed by atoms with Gasteiger partial charge in [-0.05, 0) is 25.3 Å². The normalized spacial score (nSPS) is 22.5. The first-order valence-electron chi connectivity index (χ1n) is 6.31. The summed E-state index contributed by atoms with van der Waals surface area (Å²) in [4.78, 5) is 13.6. The van der Waals surface area contributed by atoms with Gasteiger partial charge in [-0.25, -0.2) is 4.79 Å². The Morgan fingerprint density at radius 3 is 2.74 bits per heavy atom. The van der Waals surface area contributed by atoms with Gasteiger partial charge >= 0.3 is 6.09 Å². The molecule has 0 aliphatic carbocycles. The van der Waals surface area contributed by atoms with E-state index in [2.05, 4.69) is 0 Å². The summed E-state index contributed by atoms with van der Waals surface area (Å²) in [7, 11) is 0. The van der Waals surface area contributed by atoms with E-state index in [-0.39, 0.29) is 24.0 Å². The average molecular weight is 285 g/mol. The highest BCUT2D eigenvalue weighted by Gasteiger charge is 2.30. The van der Waals surface area contributed by atoms with E-state index < -0.39 is 0 Å². The number of amides is 1. The molecule has 0 spiro atoms. The van der Waals surface area contributed by atoms with E-state index in [1.54, 1.807) is 4.90 Å². The molecular weight excluding hydrogens is 264 g/mol. The monoisotopic (exact) mass is 284 g/mol. The van der Waals surface area contributed by atoms with E-state index in [1.807, 2.05) is 37.3 Å². The van der Waals surface area contributed by atoms with Gasteiger partial charge in [-0.15, -0.1) is 12.4 Å². The van der Waals surface area contributed by atoms with Crippen LogP contribution in [0.3, 0.4) is 0 Å². The molecule has 0 saturated carbocycles. The molecule has 1 aliphatic heterocycles. The summed E-state index contributed by atoms with van der Waals surface area (Å²) in [5, 5.41) is 0. The van der Waals surface area contributed by atoms with Crippen molar-refractivity contribution in [2.75, 3.05) is 13.1 Å². The molecule has 5 heteroatoms. The van der Waals surface area contributed by atoms with Crippen molar-refractivity contribution in [2.45, 2.75) is 31.9 Å². The SMILES string of the molecule is C[C@@]1(N)CCCN(C(=O)OCc2ccccc2)C1.Cl. The molecule has 0 unspecified atom stereocenters. The Kier molecular flexibility index (Phi) is 5.63. The largest absolute Gasteiger partial charge is 0.445 e. The van der Waals surface area contributed by atoms with Crippen LogP contribution in [-0.4, -0.2) is 29.6 Å². The third-order valence-electron chi connectivity index (χ3n) is 3.19. The minimum atomic E-state index is -0.288. The van der Waals surface area contributed by atoms with E-state index in [4.69, 9.17) is 10.5 Å². The van der Waals surface area contributed by atoms with Gasteiger partial charge in [0.15, 0.2) is 0 Å². The van der Waals surface area contributed by atoms with Crippen LogP contribution in [0.2, 0.25) is 0 Å². The van der Waals surface area contributed by atoms with Crippen molar-refractivity contribution < 1.29 is 9.53 Å². The lowest BCUT2D eigenvalue weighted by Crippen LogP contribution is -2.53. The highest BCUT2D eigenvalue weighted by atomic mass is 35.5. The number of hydrogen-bond acceptors (Lipinski definition) is 3. The second-order valence-corrected chi connectivity index (χ2v) is 5.22. The summed E-state index contributed by atoms with van der Waals surface area (Å²) in [6, 6.07) is 9.69. The zero-order valence-electron chi connectivity index (χ0n) is 11.2. The fourth-order valence-electron chi connectivity index (χ4n) is 2.23. The minimum absolute atomic E-state index is 0. The van der Waals surface area contributed by atoms with Crippen LogP contribution in [0.5, 0.6) is 0 Å². The van der Waals surface area contributed by atoms with Crippen molar-refractivity contribution in [1.82, 2.24) is 4.90 Å². The van der Waals surface area contributed by atoms with Crippen molar-refractivity contribution >= 4 is 18.5 Å². The van der Waals surface area contributed by atoms with Crippen molar-refractivity contribution in [2.24, 2.45) is 5.73 Å². The first kappa shape index (κ1) is 15.8. The number of nitrogens with two attached hydrogens (primary N) is 1. The van der Waals surface area contributed by atoms with Gasteiger partial charge in [0.1, 0.15) is 6.61 Å². The molecule has 1 aliphatic rings. The lowest BCUT2D eigenvalue weighted by molar-refractivity contribution is 0.0759. The maximum atomic E-state index is 11.9. The number of nitrogens with zero attached hydrogens (tertiary/aromatic N) is 1. The fraction of sp³-hybridized carbons (Fsp3) is 0.500. The Bertz CT molecular complexity index is 409. The molecule has 2 rings (SSSR count). The number of carbonyl (C=O) groups is 1. The number of benzene rings is 1. The molecule has 1 fully saturated rings. The number of hydrogen-bond donors (Lipinski definition) is 1. The van der Waals surface area contributed by atoms with E-state index >= 15 is 0 Å². The second-order valence-electron chi connectivity index (χ2n) is 5.22. The first-order valence-corrected chi connectivity index (χ1v) is 6.31. The molecule has 0 bridgehead atoms. The molecule has 0 aromatic heterocycles. The van der Waals surface area contributed by atoms with Gasteiger partial charge in [0, 0.05) is 18.6 Å². The van der Waals surface area contributed by atoms with Crippen LogP contribution >= 0.6 is 12.4 Å². The summed E-state index contributed by atoms with van der Waals surface area (Å²) in [5.74, 6) is 0. The molecule has 4 nitrogen and oxygen atoms in total. The molecule has 1 aromatic rings. The first-order chi connectivity index (χ1) is 8.57. The van der Waals surface area contributed by atoms with Gasteiger partial charge in [0.05, 0.1) is 0 Å². The number of carbonyl (C=O) groups excluding carboxylic acids is 1. The molecule has 1 aromatic carbocycles. The summed E-state index contributed by atoms with van der Waals surface area (Å²) in [6.45, 7) is 3.60. The topological polar surface area (TPSA) is 55.6 Å². The molecule has 106 valence electrons. The maximum absolute atomic E-state index is 11.9. The summed E-state index contributed by atoms with van der Waals surface area (Å²) >= 11 is 0. The van der Waals surface area contributed by atoms with Gasteiger partial charge in [-0.3, -0.25) is 0 Å². The van der Waals surface area contributed by atoms with E-state index in [1.165, 1.54) is 0 Å². The quantitative estimate of drug-likeness (QED) is 0.908. The molecule has 19 heavy (non-hydrogen) atoms. The third kappa shape index (κ3) is 4.73. The highest BCUT2D eigenvalue weighted by molar-refractivity contribution is 5.85. The van der Waals surface area contributed by atoms with Crippen LogP contribution in [0, 0.1) is 0 Å². The lowest BCUT2D eigenvalue weighted by atomic mass is 9.93. The Morgan fingerprint density at radius 1 is 1.42 bits per heavy atom. The summed E-state index contributed by atoms with van der Waals surface area (Å²) in [6.07, 6.45) is 1.62. The molecule has 2 N–H and O–H groups in total.